The van der Waals surface area contributed by atoms with E-state index in [0.717, 1.165) is 5.39 Å². The van der Waals surface area contributed by atoms with Crippen LogP contribution in [0.2, 0.25) is 5.02 Å². The van der Waals surface area contributed by atoms with Gasteiger partial charge in [0.25, 0.3) is 0 Å². The Kier molecular flexibility index (Phi) is 4.89. The van der Waals surface area contributed by atoms with Gasteiger partial charge in [0.05, 0.1) is 28.6 Å². The Hall–Kier alpha value is -4.42. The zero-order valence-corrected chi connectivity index (χ0v) is 17.5. The molecular weight excluding hydrogens is 426 g/mol. The van der Waals surface area contributed by atoms with Crippen LogP contribution in [0.15, 0.2) is 61.4 Å². The summed E-state index contributed by atoms with van der Waals surface area (Å²) in [5.74, 6) is 0.278. The molecule has 4 heterocycles. The van der Waals surface area contributed by atoms with E-state index in [1.807, 2.05) is 37.5 Å². The van der Waals surface area contributed by atoms with Gasteiger partial charge in [0.2, 0.25) is 0 Å². The molecule has 5 rings (SSSR count). The molecule has 0 aliphatic heterocycles. The number of nitriles is 1. The highest BCUT2D eigenvalue weighted by Gasteiger charge is 2.20. The van der Waals surface area contributed by atoms with Gasteiger partial charge in [-0.1, -0.05) is 17.7 Å². The number of nitrogens with one attached hydrogen (secondary N) is 1. The second kappa shape index (κ2) is 8.02. The zero-order valence-electron chi connectivity index (χ0n) is 16.7. The van der Waals surface area contributed by atoms with Gasteiger partial charge in [-0.05, 0) is 24.3 Å². The number of aromatic nitrogens is 7. The van der Waals surface area contributed by atoms with Crippen LogP contribution >= 0.6 is 11.6 Å². The summed E-state index contributed by atoms with van der Waals surface area (Å²) in [6.07, 6.45) is 8.09. The van der Waals surface area contributed by atoms with Gasteiger partial charge in [-0.2, -0.15) is 10.4 Å². The summed E-state index contributed by atoms with van der Waals surface area (Å²) in [4.78, 5) is 21.7. The van der Waals surface area contributed by atoms with Crippen LogP contribution in [-0.4, -0.2) is 34.7 Å². The van der Waals surface area contributed by atoms with Gasteiger partial charge in [-0.3, -0.25) is 9.67 Å². The fourth-order valence-electron chi connectivity index (χ4n) is 3.31. The number of hydrogen-bond acceptors (Lipinski definition) is 8. The summed E-state index contributed by atoms with van der Waals surface area (Å²) in [6, 6.07) is 11.4. The molecule has 0 atom stereocenters. The van der Waals surface area contributed by atoms with E-state index in [1.165, 1.54) is 6.33 Å². The quantitative estimate of drug-likeness (QED) is 0.443. The predicted molar refractivity (Wildman–Crippen MR) is 120 cm³/mol. The monoisotopic (exact) mass is 439 g/mol. The summed E-state index contributed by atoms with van der Waals surface area (Å²) >= 11 is 6.51. The molecule has 4 aromatic heterocycles. The molecule has 0 aliphatic rings. The van der Waals surface area contributed by atoms with Gasteiger partial charge in [0.1, 0.15) is 29.5 Å². The predicted octanol–water partition coefficient (Wildman–Crippen LogP) is 4.15. The molecule has 0 fully saturated rings. The first-order valence-corrected chi connectivity index (χ1v) is 9.89. The number of hydrogen-bond donors (Lipinski definition) is 1. The first-order chi connectivity index (χ1) is 15.6. The lowest BCUT2D eigenvalue weighted by atomic mass is 10.0. The van der Waals surface area contributed by atoms with Crippen LogP contribution in [0.3, 0.4) is 0 Å². The van der Waals surface area contributed by atoms with Crippen LogP contribution in [0.1, 0.15) is 5.69 Å². The maximum atomic E-state index is 9.78. The molecule has 9 nitrogen and oxygen atoms in total. The van der Waals surface area contributed by atoms with Crippen LogP contribution in [0.4, 0.5) is 11.5 Å². The van der Waals surface area contributed by atoms with E-state index in [2.05, 4.69) is 36.4 Å². The third-order valence-corrected chi connectivity index (χ3v) is 5.00. The molecule has 5 aromatic rings. The average Bonchev–Trinajstić information content (AvgIpc) is 3.25. The van der Waals surface area contributed by atoms with E-state index < -0.39 is 0 Å². The van der Waals surface area contributed by atoms with Gasteiger partial charge in [-0.15, -0.1) is 0 Å². The lowest BCUT2D eigenvalue weighted by Gasteiger charge is -2.13. The molecule has 0 radical (unpaired) electrons. The Balaban J connectivity index is 1.74. The van der Waals surface area contributed by atoms with Gasteiger partial charge in [-0.25, -0.2) is 19.9 Å². The van der Waals surface area contributed by atoms with Crippen molar-refractivity contribution in [2.45, 2.75) is 0 Å². The Morgan fingerprint density at radius 3 is 2.69 bits per heavy atom. The number of benzene rings is 1. The highest BCUT2D eigenvalue weighted by Crippen LogP contribution is 2.35. The van der Waals surface area contributed by atoms with Crippen LogP contribution in [0.5, 0.6) is 0 Å². The number of rotatable bonds is 4. The molecule has 0 saturated heterocycles. The van der Waals surface area contributed by atoms with E-state index in [1.54, 1.807) is 29.3 Å². The van der Waals surface area contributed by atoms with Crippen LogP contribution < -0.4 is 5.32 Å². The van der Waals surface area contributed by atoms with E-state index in [-0.39, 0.29) is 11.5 Å². The molecule has 1 aromatic carbocycles. The van der Waals surface area contributed by atoms with Gasteiger partial charge >= 0.3 is 0 Å². The summed E-state index contributed by atoms with van der Waals surface area (Å²) < 4.78 is 1.68. The third-order valence-electron chi connectivity index (χ3n) is 4.71. The SMILES string of the molecule is Cn1ccc(-c2nc(Nc3cncnc3)c(C#N)nc2-c2cc(Cl)c3ncccc3c2)n1. The van der Waals surface area contributed by atoms with Crippen molar-refractivity contribution in [2.24, 2.45) is 7.05 Å². The van der Waals surface area contributed by atoms with Crippen molar-refractivity contribution < 1.29 is 0 Å². The van der Waals surface area contributed by atoms with Crippen molar-refractivity contribution in [1.82, 2.24) is 34.7 Å². The second-order valence-corrected chi connectivity index (χ2v) is 7.30. The second-order valence-electron chi connectivity index (χ2n) is 6.89. The fraction of sp³-hybridized carbons (Fsp3) is 0.0455. The number of halogens is 1. The first-order valence-electron chi connectivity index (χ1n) is 9.51. The third kappa shape index (κ3) is 3.59. The maximum absolute atomic E-state index is 9.78. The molecule has 1 N–H and O–H groups in total. The number of nitrogens with zero attached hydrogens (tertiary/aromatic N) is 8. The van der Waals surface area contributed by atoms with Crippen molar-refractivity contribution in [3.8, 4) is 28.7 Å². The zero-order chi connectivity index (χ0) is 22.1. The van der Waals surface area contributed by atoms with Crippen molar-refractivity contribution in [2.75, 3.05) is 5.32 Å². The van der Waals surface area contributed by atoms with Crippen molar-refractivity contribution in [3.05, 3.63) is 72.2 Å². The minimum absolute atomic E-state index is 0.117. The van der Waals surface area contributed by atoms with Gasteiger partial charge in [0, 0.05) is 30.4 Å². The van der Waals surface area contributed by atoms with Crippen LogP contribution in [0, 0.1) is 11.3 Å². The van der Waals surface area contributed by atoms with Gasteiger partial charge in [0.15, 0.2) is 11.5 Å². The summed E-state index contributed by atoms with van der Waals surface area (Å²) in [5, 5.41) is 18.7. The topological polar surface area (TPSA) is 118 Å². The molecule has 0 bridgehead atoms. The van der Waals surface area contributed by atoms with E-state index in [9.17, 15) is 5.26 Å². The molecule has 0 amide bonds. The molecule has 0 aliphatic carbocycles. The standard InChI is InChI=1S/C22H14ClN9/c1-32-6-4-17(31-32)21-20(14-7-13-3-2-5-27-19(13)16(23)8-14)29-18(9-24)22(30-21)28-15-10-25-12-26-11-15/h2-8,10-12H,1H3,(H,28,30). The molecule has 32 heavy (non-hydrogen) atoms. The van der Waals surface area contributed by atoms with E-state index in [0.29, 0.717) is 38.9 Å². The van der Waals surface area contributed by atoms with Crippen LogP contribution in [-0.2, 0) is 7.05 Å². The Morgan fingerprint density at radius 1 is 1.09 bits per heavy atom. The highest BCUT2D eigenvalue weighted by molar-refractivity contribution is 6.35. The van der Waals surface area contributed by atoms with E-state index in [4.69, 9.17) is 16.6 Å². The summed E-state index contributed by atoms with van der Waals surface area (Å²) in [6.45, 7) is 0. The molecule has 0 saturated carbocycles. The lowest BCUT2D eigenvalue weighted by molar-refractivity contribution is 0.770. The first kappa shape index (κ1) is 19.5. The van der Waals surface area contributed by atoms with E-state index >= 15 is 0 Å². The molecule has 10 heteroatoms. The van der Waals surface area contributed by atoms with Crippen molar-refractivity contribution in [3.63, 3.8) is 0 Å². The fourth-order valence-corrected chi connectivity index (χ4v) is 3.58. The number of pyridine rings is 1. The minimum atomic E-state index is 0.117. The summed E-state index contributed by atoms with van der Waals surface area (Å²) in [5.41, 5.74) is 3.69. The normalized spacial score (nSPS) is 10.8. The number of fused-ring (bicyclic) bond motifs is 1. The Bertz CT molecular complexity index is 1490. The smallest absolute Gasteiger partial charge is 0.183 e. The Labute approximate surface area is 187 Å². The van der Waals surface area contributed by atoms with Crippen LogP contribution in [0.25, 0.3) is 33.5 Å². The van der Waals surface area contributed by atoms with Gasteiger partial charge < -0.3 is 5.32 Å². The minimum Gasteiger partial charge on any atom is -0.335 e. The number of anilines is 2. The highest BCUT2D eigenvalue weighted by atomic mass is 35.5. The largest absolute Gasteiger partial charge is 0.335 e. The number of aryl methyl sites for hydroxylation is 1. The van der Waals surface area contributed by atoms with Crippen molar-refractivity contribution in [1.29, 1.82) is 5.26 Å². The molecule has 0 spiro atoms. The lowest BCUT2D eigenvalue weighted by Crippen LogP contribution is -2.05. The molecule has 0 unspecified atom stereocenters. The molecule has 154 valence electrons. The molecular formula is C22H14ClN9. The Morgan fingerprint density at radius 2 is 1.94 bits per heavy atom. The average molecular weight is 440 g/mol. The maximum Gasteiger partial charge on any atom is 0.183 e. The summed E-state index contributed by atoms with van der Waals surface area (Å²) in [7, 11) is 1.82. The van der Waals surface area contributed by atoms with Crippen molar-refractivity contribution >= 4 is 34.0 Å².